The number of nitrogens with two attached hydrogens (primary N) is 1. The standard InChI is InChI=1S/C11H16FN/c1-8-4-5-9(7-12)6-10(8)11(2,3)13/h4-6H,7,13H2,1-3H3. The van der Waals surface area contributed by atoms with Crippen LogP contribution < -0.4 is 5.73 Å². The van der Waals surface area contributed by atoms with Gasteiger partial charge in [0.05, 0.1) is 0 Å². The van der Waals surface area contributed by atoms with E-state index >= 15 is 0 Å². The molecular weight excluding hydrogens is 165 g/mol. The first-order valence-electron chi connectivity index (χ1n) is 4.40. The Labute approximate surface area is 78.8 Å². The molecule has 1 nitrogen and oxygen atoms in total. The molecule has 72 valence electrons. The van der Waals surface area contributed by atoms with Crippen LogP contribution in [0.2, 0.25) is 0 Å². The lowest BCUT2D eigenvalue weighted by atomic mass is 9.90. The van der Waals surface area contributed by atoms with Gasteiger partial charge in [0.15, 0.2) is 0 Å². The SMILES string of the molecule is Cc1ccc(CF)cc1C(C)(C)N. The van der Waals surface area contributed by atoms with E-state index in [4.69, 9.17) is 5.73 Å². The minimum atomic E-state index is -0.427. The van der Waals surface area contributed by atoms with Gasteiger partial charge in [-0.1, -0.05) is 18.2 Å². The summed E-state index contributed by atoms with van der Waals surface area (Å²) in [6.07, 6.45) is 0. The van der Waals surface area contributed by atoms with E-state index in [-0.39, 0.29) is 0 Å². The fraction of sp³-hybridized carbons (Fsp3) is 0.455. The highest BCUT2D eigenvalue weighted by Gasteiger charge is 2.16. The Bertz CT molecular complexity index is 299. The Morgan fingerprint density at radius 3 is 2.46 bits per heavy atom. The summed E-state index contributed by atoms with van der Waals surface area (Å²) in [4.78, 5) is 0. The molecule has 13 heavy (non-hydrogen) atoms. The molecule has 0 heterocycles. The van der Waals surface area contributed by atoms with Gasteiger partial charge in [0.1, 0.15) is 6.67 Å². The maximum absolute atomic E-state index is 12.4. The molecule has 0 aliphatic carbocycles. The third-order valence-electron chi connectivity index (χ3n) is 2.15. The van der Waals surface area contributed by atoms with Gasteiger partial charge in [0, 0.05) is 5.54 Å². The van der Waals surface area contributed by atoms with Gasteiger partial charge in [-0.25, -0.2) is 4.39 Å². The quantitative estimate of drug-likeness (QED) is 0.745. The molecule has 0 saturated carbocycles. The monoisotopic (exact) mass is 181 g/mol. The zero-order valence-electron chi connectivity index (χ0n) is 8.39. The van der Waals surface area contributed by atoms with Gasteiger partial charge in [-0.2, -0.15) is 0 Å². The maximum atomic E-state index is 12.4. The molecule has 0 bridgehead atoms. The lowest BCUT2D eigenvalue weighted by Gasteiger charge is -2.22. The molecule has 0 aliphatic heterocycles. The first kappa shape index (κ1) is 10.2. The normalized spacial score (nSPS) is 11.8. The van der Waals surface area contributed by atoms with Crippen LogP contribution in [0.1, 0.15) is 30.5 Å². The number of hydrogen-bond donors (Lipinski definition) is 1. The van der Waals surface area contributed by atoms with Crippen molar-refractivity contribution in [1.82, 2.24) is 0 Å². The molecule has 0 atom stereocenters. The predicted octanol–water partition coefficient (Wildman–Crippen LogP) is 2.66. The number of aryl methyl sites for hydroxylation is 1. The second kappa shape index (κ2) is 3.46. The molecule has 0 spiro atoms. The van der Waals surface area contributed by atoms with Crippen molar-refractivity contribution in [3.05, 3.63) is 34.9 Å². The average molecular weight is 181 g/mol. The molecule has 1 aromatic rings. The minimum Gasteiger partial charge on any atom is -0.322 e. The highest BCUT2D eigenvalue weighted by atomic mass is 19.1. The summed E-state index contributed by atoms with van der Waals surface area (Å²) in [5.74, 6) is 0. The Kier molecular flexibility index (Phi) is 2.71. The van der Waals surface area contributed by atoms with Crippen LogP contribution >= 0.6 is 0 Å². The third kappa shape index (κ3) is 2.28. The van der Waals surface area contributed by atoms with Crippen molar-refractivity contribution < 1.29 is 4.39 Å². The summed E-state index contributed by atoms with van der Waals surface area (Å²) in [6.45, 7) is 5.42. The highest BCUT2D eigenvalue weighted by Crippen LogP contribution is 2.22. The van der Waals surface area contributed by atoms with Crippen molar-refractivity contribution in [2.45, 2.75) is 33.0 Å². The van der Waals surface area contributed by atoms with E-state index in [0.29, 0.717) is 5.56 Å². The Hall–Kier alpha value is -0.890. The first-order chi connectivity index (χ1) is 5.95. The van der Waals surface area contributed by atoms with Crippen LogP contribution in [0.25, 0.3) is 0 Å². The van der Waals surface area contributed by atoms with Gasteiger partial charge >= 0.3 is 0 Å². The van der Waals surface area contributed by atoms with Crippen LogP contribution in [-0.2, 0) is 12.2 Å². The van der Waals surface area contributed by atoms with E-state index in [1.54, 1.807) is 6.07 Å². The van der Waals surface area contributed by atoms with Crippen LogP contribution in [0.4, 0.5) is 4.39 Å². The largest absolute Gasteiger partial charge is 0.322 e. The van der Waals surface area contributed by atoms with Crippen molar-refractivity contribution in [3.63, 3.8) is 0 Å². The molecule has 0 fully saturated rings. The highest BCUT2D eigenvalue weighted by molar-refractivity contribution is 5.35. The topological polar surface area (TPSA) is 26.0 Å². The smallest absolute Gasteiger partial charge is 0.115 e. The average Bonchev–Trinajstić information content (AvgIpc) is 2.03. The van der Waals surface area contributed by atoms with E-state index in [1.165, 1.54) is 0 Å². The van der Waals surface area contributed by atoms with Crippen LogP contribution in [0.5, 0.6) is 0 Å². The second-order valence-electron chi connectivity index (χ2n) is 4.00. The zero-order chi connectivity index (χ0) is 10.1. The molecule has 0 aliphatic rings. The van der Waals surface area contributed by atoms with Gasteiger partial charge in [-0.3, -0.25) is 0 Å². The molecule has 1 aromatic carbocycles. The van der Waals surface area contributed by atoms with Gasteiger partial charge in [-0.15, -0.1) is 0 Å². The van der Waals surface area contributed by atoms with E-state index in [0.717, 1.165) is 11.1 Å². The second-order valence-corrected chi connectivity index (χ2v) is 4.00. The minimum absolute atomic E-state index is 0.394. The van der Waals surface area contributed by atoms with E-state index in [2.05, 4.69) is 0 Å². The van der Waals surface area contributed by atoms with Gasteiger partial charge in [0.25, 0.3) is 0 Å². The molecule has 2 N–H and O–H groups in total. The van der Waals surface area contributed by atoms with E-state index in [1.807, 2.05) is 32.9 Å². The molecular formula is C11H16FN. The van der Waals surface area contributed by atoms with Crippen molar-refractivity contribution in [1.29, 1.82) is 0 Å². The fourth-order valence-electron chi connectivity index (χ4n) is 1.45. The van der Waals surface area contributed by atoms with Crippen molar-refractivity contribution in [2.75, 3.05) is 0 Å². The third-order valence-corrected chi connectivity index (χ3v) is 2.15. The summed E-state index contributed by atoms with van der Waals surface area (Å²) >= 11 is 0. The van der Waals surface area contributed by atoms with Crippen molar-refractivity contribution >= 4 is 0 Å². The maximum Gasteiger partial charge on any atom is 0.115 e. The van der Waals surface area contributed by atoms with Crippen LogP contribution in [0.15, 0.2) is 18.2 Å². The fourth-order valence-corrected chi connectivity index (χ4v) is 1.45. The Balaban J connectivity index is 3.19. The number of hydrogen-bond acceptors (Lipinski definition) is 1. The molecule has 0 aromatic heterocycles. The summed E-state index contributed by atoms with van der Waals surface area (Å²) in [7, 11) is 0. The first-order valence-corrected chi connectivity index (χ1v) is 4.40. The predicted molar refractivity (Wildman–Crippen MR) is 53.2 cm³/mol. The van der Waals surface area contributed by atoms with Crippen LogP contribution in [0, 0.1) is 6.92 Å². The molecule has 0 radical (unpaired) electrons. The van der Waals surface area contributed by atoms with Crippen LogP contribution in [0.3, 0.4) is 0 Å². The Morgan fingerprint density at radius 2 is 2.00 bits per heavy atom. The van der Waals surface area contributed by atoms with Crippen LogP contribution in [-0.4, -0.2) is 0 Å². The molecule has 2 heteroatoms. The van der Waals surface area contributed by atoms with Crippen molar-refractivity contribution in [2.24, 2.45) is 5.73 Å². The summed E-state index contributed by atoms with van der Waals surface area (Å²) in [5.41, 5.74) is 8.39. The number of rotatable bonds is 2. The summed E-state index contributed by atoms with van der Waals surface area (Å²) < 4.78 is 12.4. The molecule has 0 amide bonds. The molecule has 0 unspecified atom stereocenters. The summed E-state index contributed by atoms with van der Waals surface area (Å²) in [5, 5.41) is 0. The van der Waals surface area contributed by atoms with Crippen molar-refractivity contribution in [3.8, 4) is 0 Å². The summed E-state index contributed by atoms with van der Waals surface area (Å²) in [6, 6.07) is 5.55. The molecule has 1 rings (SSSR count). The Morgan fingerprint density at radius 1 is 1.38 bits per heavy atom. The number of halogens is 1. The molecule has 0 saturated heterocycles. The van der Waals surface area contributed by atoms with Gasteiger partial charge < -0.3 is 5.73 Å². The van der Waals surface area contributed by atoms with Gasteiger partial charge in [-0.05, 0) is 37.5 Å². The number of benzene rings is 1. The lowest BCUT2D eigenvalue weighted by molar-refractivity contribution is 0.482. The lowest BCUT2D eigenvalue weighted by Crippen LogP contribution is -2.29. The van der Waals surface area contributed by atoms with E-state index in [9.17, 15) is 4.39 Å². The zero-order valence-corrected chi connectivity index (χ0v) is 8.39. The number of alkyl halides is 1. The van der Waals surface area contributed by atoms with Gasteiger partial charge in [0.2, 0.25) is 0 Å². The van der Waals surface area contributed by atoms with E-state index < -0.39 is 12.2 Å².